The summed E-state index contributed by atoms with van der Waals surface area (Å²) in [6.45, 7) is 6.48. The molecule has 0 saturated heterocycles. The summed E-state index contributed by atoms with van der Waals surface area (Å²) < 4.78 is 4.96. The van der Waals surface area contributed by atoms with E-state index in [1.54, 1.807) is 0 Å². The van der Waals surface area contributed by atoms with Gasteiger partial charge in [0, 0.05) is 17.5 Å². The van der Waals surface area contributed by atoms with Gasteiger partial charge in [0.15, 0.2) is 0 Å². The first kappa shape index (κ1) is 11.9. The summed E-state index contributed by atoms with van der Waals surface area (Å²) in [4.78, 5) is 11.1. The van der Waals surface area contributed by atoms with Gasteiger partial charge >= 0.3 is 0 Å². The van der Waals surface area contributed by atoms with Crippen LogP contribution in [0.15, 0.2) is 0 Å². The molecular formula is C8H16BrNO2. The minimum absolute atomic E-state index is 0.0682. The molecule has 0 unspecified atom stereocenters. The van der Waals surface area contributed by atoms with Crippen LogP contribution >= 0.6 is 15.9 Å². The molecule has 1 amide bonds. The van der Waals surface area contributed by atoms with Crippen LogP contribution in [0.1, 0.15) is 20.8 Å². The molecule has 0 fully saturated rings. The van der Waals surface area contributed by atoms with Crippen molar-refractivity contribution in [3.8, 4) is 0 Å². The molecule has 0 aromatic rings. The van der Waals surface area contributed by atoms with Gasteiger partial charge in [0.05, 0.1) is 0 Å². The molecule has 0 radical (unpaired) electrons. The molecule has 1 N–H and O–H groups in total. The Kier molecular flexibility index (Phi) is 5.50. The van der Waals surface area contributed by atoms with Crippen LogP contribution in [0.5, 0.6) is 0 Å². The summed E-state index contributed by atoms with van der Waals surface area (Å²) in [5.74, 6) is -0.0682. The average Bonchev–Trinajstić information content (AvgIpc) is 2.00. The van der Waals surface area contributed by atoms with Crippen molar-refractivity contribution in [3.63, 3.8) is 0 Å². The number of alkyl halides is 1. The lowest BCUT2D eigenvalue weighted by Gasteiger charge is -2.23. The summed E-state index contributed by atoms with van der Waals surface area (Å²) in [5.41, 5.74) is -0.200. The van der Waals surface area contributed by atoms with Crippen molar-refractivity contribution >= 4 is 21.8 Å². The van der Waals surface area contributed by atoms with E-state index in [0.717, 1.165) is 5.33 Å². The molecule has 0 aliphatic rings. The standard InChI is InChI=1S/C8H16BrNO2/c1-4-12-5-7(11)10-8(2,3)6-9/h4-6H2,1-3H3,(H,10,11). The summed E-state index contributed by atoms with van der Waals surface area (Å²) in [5, 5.41) is 3.56. The van der Waals surface area contributed by atoms with E-state index in [9.17, 15) is 4.79 Å². The monoisotopic (exact) mass is 237 g/mol. The molecule has 0 spiro atoms. The van der Waals surface area contributed by atoms with Crippen LogP contribution in [0.3, 0.4) is 0 Å². The van der Waals surface area contributed by atoms with Gasteiger partial charge in [-0.05, 0) is 20.8 Å². The molecule has 0 atom stereocenters. The van der Waals surface area contributed by atoms with Gasteiger partial charge in [-0.1, -0.05) is 15.9 Å². The summed E-state index contributed by atoms with van der Waals surface area (Å²) in [7, 11) is 0. The third kappa shape index (κ3) is 5.55. The molecule has 0 saturated carbocycles. The third-order valence-corrected chi connectivity index (χ3v) is 2.65. The van der Waals surface area contributed by atoms with Crippen molar-refractivity contribution in [2.75, 3.05) is 18.5 Å². The van der Waals surface area contributed by atoms with Crippen LogP contribution in [0, 0.1) is 0 Å². The number of hydrogen-bond acceptors (Lipinski definition) is 2. The number of nitrogens with one attached hydrogen (secondary N) is 1. The quantitative estimate of drug-likeness (QED) is 0.733. The number of hydrogen-bond donors (Lipinski definition) is 1. The fraction of sp³-hybridized carbons (Fsp3) is 0.875. The van der Waals surface area contributed by atoms with Crippen LogP contribution in [-0.2, 0) is 9.53 Å². The highest BCUT2D eigenvalue weighted by Crippen LogP contribution is 2.05. The van der Waals surface area contributed by atoms with E-state index in [0.29, 0.717) is 6.61 Å². The van der Waals surface area contributed by atoms with E-state index >= 15 is 0 Å². The lowest BCUT2D eigenvalue weighted by molar-refractivity contribution is -0.126. The van der Waals surface area contributed by atoms with Crippen molar-refractivity contribution in [2.45, 2.75) is 26.3 Å². The number of rotatable bonds is 5. The predicted molar refractivity (Wildman–Crippen MR) is 52.5 cm³/mol. The second-order valence-electron chi connectivity index (χ2n) is 3.20. The SMILES string of the molecule is CCOCC(=O)NC(C)(C)CBr. The molecule has 0 heterocycles. The van der Waals surface area contributed by atoms with E-state index in [2.05, 4.69) is 21.2 Å². The highest BCUT2D eigenvalue weighted by Gasteiger charge is 2.18. The molecule has 0 aromatic carbocycles. The third-order valence-electron chi connectivity index (χ3n) is 1.25. The minimum atomic E-state index is -0.200. The second-order valence-corrected chi connectivity index (χ2v) is 3.76. The highest BCUT2D eigenvalue weighted by atomic mass is 79.9. The summed E-state index contributed by atoms with van der Waals surface area (Å²) in [6.07, 6.45) is 0. The van der Waals surface area contributed by atoms with Crippen LogP contribution < -0.4 is 5.32 Å². The van der Waals surface area contributed by atoms with Gasteiger partial charge in [0.1, 0.15) is 6.61 Å². The van der Waals surface area contributed by atoms with Gasteiger partial charge in [-0.15, -0.1) is 0 Å². The number of carbonyl (C=O) groups excluding carboxylic acids is 1. The van der Waals surface area contributed by atoms with E-state index in [1.807, 2.05) is 20.8 Å². The van der Waals surface area contributed by atoms with E-state index in [-0.39, 0.29) is 18.1 Å². The predicted octanol–water partition coefficient (Wildman–Crippen LogP) is 1.31. The fourth-order valence-electron chi connectivity index (χ4n) is 0.642. The molecule has 72 valence electrons. The largest absolute Gasteiger partial charge is 0.372 e. The molecule has 0 bridgehead atoms. The Hall–Kier alpha value is -0.0900. The molecule has 0 aliphatic carbocycles. The zero-order valence-electron chi connectivity index (χ0n) is 7.82. The first-order valence-corrected chi connectivity index (χ1v) is 5.08. The van der Waals surface area contributed by atoms with Gasteiger partial charge in [-0.25, -0.2) is 0 Å². The smallest absolute Gasteiger partial charge is 0.246 e. The topological polar surface area (TPSA) is 38.3 Å². The molecule has 3 nitrogen and oxygen atoms in total. The van der Waals surface area contributed by atoms with Gasteiger partial charge in [0.25, 0.3) is 0 Å². The lowest BCUT2D eigenvalue weighted by atomic mass is 10.1. The maximum Gasteiger partial charge on any atom is 0.246 e. The zero-order valence-corrected chi connectivity index (χ0v) is 9.40. The number of halogens is 1. The molecule has 0 aliphatic heterocycles. The summed E-state index contributed by atoms with van der Waals surface area (Å²) in [6, 6.07) is 0. The van der Waals surface area contributed by atoms with Crippen LogP contribution in [0.4, 0.5) is 0 Å². The van der Waals surface area contributed by atoms with Gasteiger partial charge in [0.2, 0.25) is 5.91 Å². The van der Waals surface area contributed by atoms with Crippen molar-refractivity contribution in [1.82, 2.24) is 5.32 Å². The Morgan fingerprint density at radius 2 is 2.17 bits per heavy atom. The zero-order chi connectivity index (χ0) is 9.61. The Morgan fingerprint density at radius 1 is 1.58 bits per heavy atom. The van der Waals surface area contributed by atoms with E-state index in [4.69, 9.17) is 4.74 Å². The maximum atomic E-state index is 11.1. The first-order chi connectivity index (χ1) is 5.52. The normalized spacial score (nSPS) is 11.3. The summed E-state index contributed by atoms with van der Waals surface area (Å²) >= 11 is 3.31. The first-order valence-electron chi connectivity index (χ1n) is 3.96. The number of amides is 1. The van der Waals surface area contributed by atoms with Crippen molar-refractivity contribution in [2.24, 2.45) is 0 Å². The Labute approximate surface area is 82.0 Å². The number of ether oxygens (including phenoxy) is 1. The second kappa shape index (κ2) is 5.54. The van der Waals surface area contributed by atoms with Gasteiger partial charge in [-0.2, -0.15) is 0 Å². The highest BCUT2D eigenvalue weighted by molar-refractivity contribution is 9.09. The van der Waals surface area contributed by atoms with E-state index in [1.165, 1.54) is 0 Å². The molecule has 4 heteroatoms. The van der Waals surface area contributed by atoms with Crippen LogP contribution in [0.25, 0.3) is 0 Å². The van der Waals surface area contributed by atoms with Crippen molar-refractivity contribution in [3.05, 3.63) is 0 Å². The van der Waals surface area contributed by atoms with Gasteiger partial charge in [-0.3, -0.25) is 4.79 Å². The molecule has 0 rings (SSSR count). The van der Waals surface area contributed by atoms with Crippen molar-refractivity contribution < 1.29 is 9.53 Å². The minimum Gasteiger partial charge on any atom is -0.372 e. The Balaban J connectivity index is 3.68. The van der Waals surface area contributed by atoms with Crippen LogP contribution in [-0.4, -0.2) is 30.0 Å². The van der Waals surface area contributed by atoms with Crippen molar-refractivity contribution in [1.29, 1.82) is 0 Å². The molecule has 12 heavy (non-hydrogen) atoms. The van der Waals surface area contributed by atoms with Crippen LogP contribution in [0.2, 0.25) is 0 Å². The molecular weight excluding hydrogens is 222 g/mol. The Bertz CT molecular complexity index is 148. The molecule has 0 aromatic heterocycles. The average molecular weight is 238 g/mol. The Morgan fingerprint density at radius 3 is 2.58 bits per heavy atom. The fourth-order valence-corrected chi connectivity index (χ4v) is 0.782. The van der Waals surface area contributed by atoms with Gasteiger partial charge < -0.3 is 10.1 Å². The van der Waals surface area contributed by atoms with E-state index < -0.39 is 0 Å². The maximum absolute atomic E-state index is 11.1. The number of carbonyl (C=O) groups is 1. The lowest BCUT2D eigenvalue weighted by Crippen LogP contribution is -2.46.